The summed E-state index contributed by atoms with van der Waals surface area (Å²) in [4.78, 5) is 4.67. The van der Waals surface area contributed by atoms with Gasteiger partial charge in [-0.05, 0) is 48.6 Å². The molecule has 3 aromatic rings. The van der Waals surface area contributed by atoms with Gasteiger partial charge < -0.3 is 9.26 Å². The van der Waals surface area contributed by atoms with Gasteiger partial charge >= 0.3 is 0 Å². The quantitative estimate of drug-likeness (QED) is 0.586. The molecule has 0 amide bonds. The van der Waals surface area contributed by atoms with Crippen LogP contribution < -0.4 is 4.74 Å². The maximum Gasteiger partial charge on any atom is 0.233 e. The number of methoxy groups -OCH3 is 1. The summed E-state index contributed by atoms with van der Waals surface area (Å²) in [7, 11) is -1.95. The van der Waals surface area contributed by atoms with E-state index >= 15 is 0 Å². The van der Waals surface area contributed by atoms with Gasteiger partial charge in [0.2, 0.25) is 5.89 Å². The van der Waals surface area contributed by atoms with E-state index < -0.39 is 9.84 Å². The van der Waals surface area contributed by atoms with Gasteiger partial charge in [-0.3, -0.25) is 0 Å². The molecule has 1 aromatic heterocycles. The minimum Gasteiger partial charge on any atom is -0.495 e. The molecule has 0 atom stereocenters. The van der Waals surface area contributed by atoms with E-state index in [1.807, 2.05) is 6.07 Å². The fraction of sp³-hybridized carbons (Fsp3) is 0.333. The molecular formula is C21H21FN2O4S. The minimum atomic E-state index is -3.38. The van der Waals surface area contributed by atoms with Crippen molar-refractivity contribution in [2.75, 3.05) is 13.4 Å². The van der Waals surface area contributed by atoms with Gasteiger partial charge in [-0.2, -0.15) is 4.98 Å². The summed E-state index contributed by atoms with van der Waals surface area (Å²) in [5.74, 6) is 1.08. The Kier molecular flexibility index (Phi) is 4.90. The molecule has 1 fully saturated rings. The van der Waals surface area contributed by atoms with Gasteiger partial charge in [-0.25, -0.2) is 12.8 Å². The molecule has 2 aromatic carbocycles. The lowest BCUT2D eigenvalue weighted by Gasteiger charge is -2.10. The van der Waals surface area contributed by atoms with Crippen LogP contribution in [-0.2, 0) is 28.1 Å². The number of rotatable bonds is 7. The lowest BCUT2D eigenvalue weighted by molar-refractivity contribution is 0.339. The van der Waals surface area contributed by atoms with Gasteiger partial charge in [0.25, 0.3) is 0 Å². The second kappa shape index (κ2) is 7.26. The van der Waals surface area contributed by atoms with Gasteiger partial charge in [-0.1, -0.05) is 29.4 Å². The van der Waals surface area contributed by atoms with Crippen molar-refractivity contribution in [1.29, 1.82) is 0 Å². The van der Waals surface area contributed by atoms with Crippen molar-refractivity contribution in [3.8, 4) is 5.75 Å². The first kappa shape index (κ1) is 19.6. The highest BCUT2D eigenvalue weighted by molar-refractivity contribution is 7.90. The fourth-order valence-corrected chi connectivity index (χ4v) is 4.30. The zero-order chi connectivity index (χ0) is 20.6. The lowest BCUT2D eigenvalue weighted by Crippen LogP contribution is -2.12. The number of sulfone groups is 1. The molecule has 4 rings (SSSR count). The maximum absolute atomic E-state index is 14.0. The zero-order valence-corrected chi connectivity index (χ0v) is 17.0. The van der Waals surface area contributed by atoms with Gasteiger partial charge in [0.15, 0.2) is 15.7 Å². The van der Waals surface area contributed by atoms with Gasteiger partial charge in [0.1, 0.15) is 16.5 Å². The lowest BCUT2D eigenvalue weighted by atomic mass is 9.96. The van der Waals surface area contributed by atoms with Crippen molar-refractivity contribution in [2.24, 2.45) is 0 Å². The van der Waals surface area contributed by atoms with Crippen LogP contribution in [0.4, 0.5) is 4.39 Å². The number of benzene rings is 2. The molecule has 1 saturated carbocycles. The van der Waals surface area contributed by atoms with E-state index in [2.05, 4.69) is 10.1 Å². The van der Waals surface area contributed by atoms with Crippen molar-refractivity contribution in [3.05, 3.63) is 71.1 Å². The molecule has 0 bridgehead atoms. The highest BCUT2D eigenvalue weighted by Gasteiger charge is 2.49. The summed E-state index contributed by atoms with van der Waals surface area (Å²) in [6.07, 6.45) is 3.79. The molecular weight excluding hydrogens is 395 g/mol. The first-order chi connectivity index (χ1) is 13.8. The van der Waals surface area contributed by atoms with Crippen LogP contribution in [0.25, 0.3) is 0 Å². The van der Waals surface area contributed by atoms with Crippen LogP contribution in [0.5, 0.6) is 5.75 Å². The molecule has 0 N–H and O–H groups in total. The number of halogens is 1. The van der Waals surface area contributed by atoms with E-state index in [0.717, 1.165) is 24.7 Å². The number of hydrogen-bond donors (Lipinski definition) is 0. The largest absolute Gasteiger partial charge is 0.495 e. The fourth-order valence-electron chi connectivity index (χ4n) is 3.48. The van der Waals surface area contributed by atoms with Crippen molar-refractivity contribution >= 4 is 9.84 Å². The second-order valence-electron chi connectivity index (χ2n) is 7.50. The number of hydrogen-bond acceptors (Lipinski definition) is 6. The summed E-state index contributed by atoms with van der Waals surface area (Å²) in [6.45, 7) is 0. The molecule has 0 radical (unpaired) electrons. The van der Waals surface area contributed by atoms with Crippen molar-refractivity contribution in [2.45, 2.75) is 36.0 Å². The Morgan fingerprint density at radius 3 is 2.62 bits per heavy atom. The molecule has 0 unspecified atom stereocenters. The average Bonchev–Trinajstić information content (AvgIpc) is 3.31. The molecule has 0 spiro atoms. The van der Waals surface area contributed by atoms with Crippen LogP contribution in [-0.4, -0.2) is 31.9 Å². The second-order valence-corrected chi connectivity index (χ2v) is 9.48. The highest BCUT2D eigenvalue weighted by atomic mass is 32.2. The molecule has 0 saturated heterocycles. The topological polar surface area (TPSA) is 82.3 Å². The third kappa shape index (κ3) is 4.03. The molecule has 152 valence electrons. The Morgan fingerprint density at radius 1 is 1.21 bits per heavy atom. The first-order valence-corrected chi connectivity index (χ1v) is 11.1. The van der Waals surface area contributed by atoms with Gasteiger partial charge in [0.05, 0.1) is 12.5 Å². The first-order valence-electron chi connectivity index (χ1n) is 9.24. The van der Waals surface area contributed by atoms with E-state index in [-0.39, 0.29) is 21.9 Å². The van der Waals surface area contributed by atoms with E-state index in [0.29, 0.717) is 30.1 Å². The molecule has 0 aliphatic heterocycles. The molecule has 1 aliphatic rings. The van der Waals surface area contributed by atoms with Crippen LogP contribution >= 0.6 is 0 Å². The zero-order valence-electron chi connectivity index (χ0n) is 16.2. The Bertz CT molecular complexity index is 1150. The van der Waals surface area contributed by atoms with Crippen LogP contribution in [0.15, 0.2) is 51.9 Å². The molecule has 6 nitrogen and oxygen atoms in total. The highest BCUT2D eigenvalue weighted by Crippen LogP contribution is 2.50. The van der Waals surface area contributed by atoms with Crippen LogP contribution in [0.3, 0.4) is 0 Å². The molecule has 29 heavy (non-hydrogen) atoms. The summed E-state index contributed by atoms with van der Waals surface area (Å²) in [6, 6.07) is 11.6. The maximum atomic E-state index is 14.0. The van der Waals surface area contributed by atoms with E-state index in [1.54, 1.807) is 24.3 Å². The monoisotopic (exact) mass is 416 g/mol. The Balaban J connectivity index is 1.54. The summed E-state index contributed by atoms with van der Waals surface area (Å²) in [5, 5.41) is 4.07. The summed E-state index contributed by atoms with van der Waals surface area (Å²) >= 11 is 0. The third-order valence-electron chi connectivity index (χ3n) is 5.25. The van der Waals surface area contributed by atoms with Crippen molar-refractivity contribution in [1.82, 2.24) is 10.1 Å². The molecule has 1 aliphatic carbocycles. The normalized spacial score (nSPS) is 15.3. The number of nitrogens with zero attached hydrogens (tertiary/aromatic N) is 2. The molecule has 1 heterocycles. The van der Waals surface area contributed by atoms with Gasteiger partial charge in [-0.15, -0.1) is 0 Å². The van der Waals surface area contributed by atoms with E-state index in [1.165, 1.54) is 19.2 Å². The minimum absolute atomic E-state index is 0.138. The van der Waals surface area contributed by atoms with Crippen molar-refractivity contribution in [3.63, 3.8) is 0 Å². The standard InChI is InChI=1S/C21H21FN2O4S/c1-27-17-11-14(7-8-18(17)29(2,25)26)12-19-23-20(28-24-19)21(9-10-21)13-15-5-3-4-6-16(15)22/h3-8,11H,9-10,12-13H2,1-2H3. The Morgan fingerprint density at radius 2 is 1.97 bits per heavy atom. The SMILES string of the molecule is COc1cc(Cc2noc(C3(Cc4ccccc4F)CC3)n2)ccc1S(C)(=O)=O. The van der Waals surface area contributed by atoms with Gasteiger partial charge in [0, 0.05) is 12.7 Å². The predicted molar refractivity (Wildman–Crippen MR) is 104 cm³/mol. The molecule has 8 heteroatoms. The summed E-state index contributed by atoms with van der Waals surface area (Å²) in [5.41, 5.74) is 1.15. The van der Waals surface area contributed by atoms with Crippen molar-refractivity contribution < 1.29 is 22.1 Å². The van der Waals surface area contributed by atoms with Crippen LogP contribution in [0.1, 0.15) is 35.7 Å². The third-order valence-corrected chi connectivity index (χ3v) is 6.39. The smallest absolute Gasteiger partial charge is 0.233 e. The Labute approximate surface area is 168 Å². The number of aromatic nitrogens is 2. The predicted octanol–water partition coefficient (Wildman–Crippen LogP) is 3.49. The van der Waals surface area contributed by atoms with E-state index in [4.69, 9.17) is 9.26 Å². The van der Waals surface area contributed by atoms with E-state index in [9.17, 15) is 12.8 Å². The van der Waals surface area contributed by atoms with Crippen LogP contribution in [0.2, 0.25) is 0 Å². The Hall–Kier alpha value is -2.74. The summed E-state index contributed by atoms with van der Waals surface area (Å²) < 4.78 is 48.4. The average molecular weight is 416 g/mol. The van der Waals surface area contributed by atoms with Crippen LogP contribution in [0, 0.1) is 5.82 Å². The number of ether oxygens (including phenoxy) is 1.